The minimum atomic E-state index is -1.04. The van der Waals surface area contributed by atoms with Gasteiger partial charge < -0.3 is 30.5 Å². The van der Waals surface area contributed by atoms with Crippen LogP contribution in [0.5, 0.6) is 0 Å². The highest BCUT2D eigenvalue weighted by atomic mass is 16.6. The quantitative estimate of drug-likeness (QED) is 0.430. The number of carbonyl (C=O) groups excluding carboxylic acids is 3. The van der Waals surface area contributed by atoms with Crippen LogP contribution in [-0.4, -0.2) is 59.5 Å². The lowest BCUT2D eigenvalue weighted by atomic mass is 10.1. The van der Waals surface area contributed by atoms with Gasteiger partial charge in [0.2, 0.25) is 5.91 Å². The van der Waals surface area contributed by atoms with Crippen LogP contribution in [0.25, 0.3) is 0 Å². The van der Waals surface area contributed by atoms with Crippen LogP contribution in [0.1, 0.15) is 60.8 Å². The van der Waals surface area contributed by atoms with E-state index in [1.54, 1.807) is 41.5 Å². The number of ether oxygens (including phenoxy) is 2. The molecule has 0 heterocycles. The molecule has 0 aliphatic carbocycles. The van der Waals surface area contributed by atoms with Gasteiger partial charge in [-0.05, 0) is 54.4 Å². The van der Waals surface area contributed by atoms with Crippen molar-refractivity contribution < 1.29 is 33.8 Å². The Morgan fingerprint density at radius 1 is 0.857 bits per heavy atom. The highest BCUT2D eigenvalue weighted by molar-refractivity contribution is 5.85. The van der Waals surface area contributed by atoms with E-state index in [0.29, 0.717) is 6.42 Å². The van der Waals surface area contributed by atoms with Gasteiger partial charge in [-0.25, -0.2) is 9.59 Å². The van der Waals surface area contributed by atoms with E-state index in [1.165, 1.54) is 0 Å². The minimum absolute atomic E-state index is 0.0587. The van der Waals surface area contributed by atoms with Crippen molar-refractivity contribution in [3.8, 4) is 0 Å². The van der Waals surface area contributed by atoms with Crippen molar-refractivity contribution in [2.24, 2.45) is 0 Å². The normalized spacial score (nSPS) is 12.5. The third kappa shape index (κ3) is 14.6. The zero-order valence-corrected chi connectivity index (χ0v) is 17.5. The predicted molar refractivity (Wildman–Crippen MR) is 102 cm³/mol. The average molecular weight is 403 g/mol. The van der Waals surface area contributed by atoms with Crippen LogP contribution in [0.4, 0.5) is 9.59 Å². The molecule has 0 saturated heterocycles. The Balaban J connectivity index is 4.62. The third-order valence-electron chi connectivity index (χ3n) is 2.98. The second-order valence-electron chi connectivity index (χ2n) is 8.20. The van der Waals surface area contributed by atoms with Crippen LogP contribution >= 0.6 is 0 Å². The number of aliphatic carboxylic acids is 1. The van der Waals surface area contributed by atoms with E-state index in [9.17, 15) is 19.2 Å². The van der Waals surface area contributed by atoms with Gasteiger partial charge in [-0.15, -0.1) is 0 Å². The smallest absolute Gasteiger partial charge is 0.408 e. The van der Waals surface area contributed by atoms with Crippen molar-refractivity contribution in [2.75, 3.05) is 13.1 Å². The zero-order valence-electron chi connectivity index (χ0n) is 17.5. The maximum absolute atomic E-state index is 12.3. The fourth-order valence-corrected chi connectivity index (χ4v) is 1.95. The number of carboxylic acids is 1. The summed E-state index contributed by atoms with van der Waals surface area (Å²) in [5.74, 6) is -1.57. The number of hydrogen-bond donors (Lipinski definition) is 4. The molecule has 0 spiro atoms. The molecular formula is C18H33N3O7. The second kappa shape index (κ2) is 11.4. The van der Waals surface area contributed by atoms with Crippen LogP contribution in [0.15, 0.2) is 0 Å². The first-order valence-electron chi connectivity index (χ1n) is 9.15. The van der Waals surface area contributed by atoms with Gasteiger partial charge >= 0.3 is 18.2 Å². The van der Waals surface area contributed by atoms with E-state index in [1.807, 2.05) is 0 Å². The molecule has 10 heteroatoms. The number of hydrogen-bond acceptors (Lipinski definition) is 6. The van der Waals surface area contributed by atoms with Crippen LogP contribution in [0.3, 0.4) is 0 Å². The van der Waals surface area contributed by atoms with Crippen molar-refractivity contribution in [3.63, 3.8) is 0 Å². The van der Waals surface area contributed by atoms with E-state index in [4.69, 9.17) is 14.6 Å². The van der Waals surface area contributed by atoms with Crippen molar-refractivity contribution in [3.05, 3.63) is 0 Å². The van der Waals surface area contributed by atoms with Crippen molar-refractivity contribution >= 4 is 24.1 Å². The summed E-state index contributed by atoms with van der Waals surface area (Å²) >= 11 is 0. The first-order valence-corrected chi connectivity index (χ1v) is 9.15. The van der Waals surface area contributed by atoms with Gasteiger partial charge in [0.1, 0.15) is 17.2 Å². The van der Waals surface area contributed by atoms with Gasteiger partial charge in [0, 0.05) is 13.1 Å². The number of carbonyl (C=O) groups is 4. The highest BCUT2D eigenvalue weighted by Gasteiger charge is 2.24. The Labute approximate surface area is 165 Å². The third-order valence-corrected chi connectivity index (χ3v) is 2.98. The molecule has 0 aromatic rings. The number of carboxylic acid groups (broad SMARTS) is 1. The van der Waals surface area contributed by atoms with Gasteiger partial charge in [0.05, 0.1) is 6.42 Å². The molecule has 3 amide bonds. The zero-order chi connectivity index (χ0) is 22.0. The Morgan fingerprint density at radius 2 is 1.39 bits per heavy atom. The molecule has 10 nitrogen and oxygen atoms in total. The molecule has 4 N–H and O–H groups in total. The average Bonchev–Trinajstić information content (AvgIpc) is 2.46. The van der Waals surface area contributed by atoms with E-state index in [-0.39, 0.29) is 25.9 Å². The number of amides is 3. The molecule has 0 radical (unpaired) electrons. The lowest BCUT2D eigenvalue weighted by Crippen LogP contribution is -2.48. The summed E-state index contributed by atoms with van der Waals surface area (Å²) in [5, 5.41) is 16.2. The Kier molecular flexibility index (Phi) is 10.3. The van der Waals surface area contributed by atoms with E-state index in [0.717, 1.165) is 0 Å². The molecule has 28 heavy (non-hydrogen) atoms. The van der Waals surface area contributed by atoms with E-state index in [2.05, 4.69) is 16.0 Å². The molecule has 0 fully saturated rings. The Hall–Kier alpha value is -2.52. The summed E-state index contributed by atoms with van der Waals surface area (Å²) in [4.78, 5) is 46.4. The molecule has 0 bridgehead atoms. The molecule has 1 atom stereocenters. The van der Waals surface area contributed by atoms with Crippen LogP contribution in [-0.2, 0) is 19.1 Å². The topological polar surface area (TPSA) is 143 Å². The van der Waals surface area contributed by atoms with Crippen molar-refractivity contribution in [1.29, 1.82) is 0 Å². The molecule has 0 aromatic carbocycles. The fraction of sp³-hybridized carbons (Fsp3) is 0.778. The molecule has 0 aliphatic heterocycles. The van der Waals surface area contributed by atoms with Crippen molar-refractivity contribution in [2.45, 2.75) is 78.0 Å². The molecule has 1 unspecified atom stereocenters. The summed E-state index contributed by atoms with van der Waals surface area (Å²) in [6.45, 7) is 10.5. The van der Waals surface area contributed by atoms with E-state index < -0.39 is 41.3 Å². The summed E-state index contributed by atoms with van der Waals surface area (Å²) < 4.78 is 10.3. The first-order chi connectivity index (χ1) is 12.7. The van der Waals surface area contributed by atoms with Crippen LogP contribution in [0, 0.1) is 0 Å². The maximum atomic E-state index is 12.3. The number of rotatable bonds is 9. The number of alkyl carbamates (subject to hydrolysis) is 2. The van der Waals surface area contributed by atoms with Crippen LogP contribution in [0.2, 0.25) is 0 Å². The summed E-state index contributed by atoms with van der Waals surface area (Å²) in [7, 11) is 0. The van der Waals surface area contributed by atoms with Gasteiger partial charge in [-0.2, -0.15) is 0 Å². The number of nitrogens with one attached hydrogen (secondary N) is 3. The van der Waals surface area contributed by atoms with Crippen LogP contribution < -0.4 is 16.0 Å². The second-order valence-corrected chi connectivity index (χ2v) is 8.20. The van der Waals surface area contributed by atoms with E-state index >= 15 is 0 Å². The monoisotopic (exact) mass is 403 g/mol. The summed E-state index contributed by atoms with van der Waals surface area (Å²) in [5.41, 5.74) is -1.35. The molecule has 0 aromatic heterocycles. The molecule has 0 aliphatic rings. The minimum Gasteiger partial charge on any atom is -0.481 e. The Morgan fingerprint density at radius 3 is 1.89 bits per heavy atom. The summed E-state index contributed by atoms with van der Waals surface area (Å²) in [6, 6.07) is -0.927. The van der Waals surface area contributed by atoms with Crippen molar-refractivity contribution in [1.82, 2.24) is 16.0 Å². The Bertz CT molecular complexity index is 550. The van der Waals surface area contributed by atoms with Gasteiger partial charge in [0.25, 0.3) is 0 Å². The van der Waals surface area contributed by atoms with Gasteiger partial charge in [-0.3, -0.25) is 9.59 Å². The lowest BCUT2D eigenvalue weighted by Gasteiger charge is -2.23. The largest absolute Gasteiger partial charge is 0.481 e. The lowest BCUT2D eigenvalue weighted by molar-refractivity contribution is -0.137. The first kappa shape index (κ1) is 25.5. The predicted octanol–water partition coefficient (Wildman–Crippen LogP) is 1.78. The van der Waals surface area contributed by atoms with Gasteiger partial charge in [0.15, 0.2) is 0 Å². The molecule has 162 valence electrons. The SMILES string of the molecule is CC(C)(C)OC(=O)NCCCC(NC(=O)OC(C)(C)C)C(=O)NCCC(=O)O. The van der Waals surface area contributed by atoms with Gasteiger partial charge in [-0.1, -0.05) is 0 Å². The standard InChI is InChI=1S/C18H33N3O7/c1-17(2,3)27-15(25)20-10-7-8-12(14(24)19-11-9-13(22)23)21-16(26)28-18(4,5)6/h12H,7-11H2,1-6H3,(H,19,24)(H,20,25)(H,21,26)(H,22,23). The maximum Gasteiger partial charge on any atom is 0.408 e. The fourth-order valence-electron chi connectivity index (χ4n) is 1.95. The molecular weight excluding hydrogens is 370 g/mol. The highest BCUT2D eigenvalue weighted by Crippen LogP contribution is 2.08. The molecule has 0 rings (SSSR count). The molecule has 0 saturated carbocycles. The summed E-state index contributed by atoms with van der Waals surface area (Å²) in [6.07, 6.45) is -0.966.